The number of rotatable bonds is 6. The van der Waals surface area contributed by atoms with Crippen LogP contribution < -0.4 is 0 Å². The van der Waals surface area contributed by atoms with Crippen molar-refractivity contribution in [2.75, 3.05) is 0 Å². The Morgan fingerprint density at radius 2 is 1.16 bits per heavy atom. The van der Waals surface area contributed by atoms with Crippen LogP contribution >= 0.6 is 0 Å². The number of aromatic nitrogens is 3. The Bertz CT molecular complexity index is 2230. The molecule has 0 fully saturated rings. The largest absolute Gasteiger partial charge is 0.309 e. The summed E-state index contributed by atoms with van der Waals surface area (Å²) in [6.45, 7) is 0. The molecule has 0 unspecified atom stereocenters. The van der Waals surface area contributed by atoms with Crippen molar-refractivity contribution in [1.82, 2.24) is 14.5 Å². The molecule has 3 heteroatoms. The maximum atomic E-state index is 4.99. The number of hydrogen-bond donors (Lipinski definition) is 0. The van der Waals surface area contributed by atoms with Crippen LogP contribution in [0.3, 0.4) is 0 Å². The second-order valence-electron chi connectivity index (χ2n) is 11.1. The number of hydrogen-bond acceptors (Lipinski definition) is 2. The first-order valence-electron chi connectivity index (χ1n) is 15.0. The molecule has 3 nitrogen and oxygen atoms in total. The third-order valence-corrected chi connectivity index (χ3v) is 8.24. The Kier molecular flexibility index (Phi) is 6.54. The van der Waals surface area contributed by atoms with E-state index in [1.807, 2.05) is 30.5 Å². The Balaban J connectivity index is 1.27. The topological polar surface area (TPSA) is 30.7 Å². The molecule has 5 aromatic carbocycles. The van der Waals surface area contributed by atoms with Gasteiger partial charge in [-0.2, -0.15) is 0 Å². The van der Waals surface area contributed by atoms with E-state index in [9.17, 15) is 0 Å². The molecule has 0 atom stereocenters. The van der Waals surface area contributed by atoms with Gasteiger partial charge in [0, 0.05) is 34.8 Å². The van der Waals surface area contributed by atoms with Gasteiger partial charge in [0.05, 0.1) is 22.4 Å². The lowest BCUT2D eigenvalue weighted by atomic mass is 9.94. The molecular formula is C41H29N3. The predicted molar refractivity (Wildman–Crippen MR) is 182 cm³/mol. The summed E-state index contributed by atoms with van der Waals surface area (Å²) in [5.41, 5.74) is 12.4. The molecule has 0 amide bonds. The third kappa shape index (κ3) is 4.85. The minimum Gasteiger partial charge on any atom is -0.309 e. The zero-order valence-electron chi connectivity index (χ0n) is 24.1. The summed E-state index contributed by atoms with van der Waals surface area (Å²) in [4.78, 5) is 9.50. The smallest absolute Gasteiger partial charge is 0.0889 e. The Hall–Kier alpha value is -5.80. The average molecular weight is 564 g/mol. The van der Waals surface area contributed by atoms with Crippen molar-refractivity contribution in [2.45, 2.75) is 6.42 Å². The molecule has 0 saturated carbocycles. The molecule has 3 heterocycles. The summed E-state index contributed by atoms with van der Waals surface area (Å²) in [6.07, 6.45) is 2.54. The second kappa shape index (κ2) is 11.1. The van der Waals surface area contributed by atoms with Gasteiger partial charge in [0.15, 0.2) is 0 Å². The highest BCUT2D eigenvalue weighted by Gasteiger charge is 2.14. The van der Waals surface area contributed by atoms with E-state index in [1.165, 1.54) is 49.6 Å². The van der Waals surface area contributed by atoms with Gasteiger partial charge in [0.25, 0.3) is 0 Å². The Morgan fingerprint density at radius 1 is 0.455 bits per heavy atom. The van der Waals surface area contributed by atoms with Crippen molar-refractivity contribution in [3.05, 3.63) is 175 Å². The molecule has 8 aromatic rings. The van der Waals surface area contributed by atoms with Crippen molar-refractivity contribution in [3.8, 4) is 39.3 Å². The van der Waals surface area contributed by atoms with Gasteiger partial charge in [0.2, 0.25) is 0 Å². The molecule has 0 aliphatic heterocycles. The molecule has 44 heavy (non-hydrogen) atoms. The third-order valence-electron chi connectivity index (χ3n) is 8.24. The standard InChI is InChI=1S/C41H29N3/c1-3-12-30(13-4-1)32-24-29(26-34-14-11-19-39(43-34)38-18-9-10-23-42-38)25-33(27-32)31-21-22-37-36-17-7-8-20-40(36)44(41(37)28-31)35-15-5-2-6-16-35/h1-25,27-28H,26H2. The van der Waals surface area contributed by atoms with E-state index in [0.29, 0.717) is 0 Å². The first-order valence-corrected chi connectivity index (χ1v) is 15.0. The van der Waals surface area contributed by atoms with E-state index in [2.05, 4.69) is 143 Å². The van der Waals surface area contributed by atoms with Gasteiger partial charge in [-0.25, -0.2) is 0 Å². The van der Waals surface area contributed by atoms with E-state index < -0.39 is 0 Å². The van der Waals surface area contributed by atoms with Crippen LogP contribution in [-0.4, -0.2) is 14.5 Å². The Labute approximate surface area is 256 Å². The number of para-hydroxylation sites is 2. The van der Waals surface area contributed by atoms with Gasteiger partial charge in [-0.3, -0.25) is 9.97 Å². The minimum absolute atomic E-state index is 0.723. The van der Waals surface area contributed by atoms with Crippen molar-refractivity contribution >= 4 is 21.8 Å². The normalized spacial score (nSPS) is 11.3. The van der Waals surface area contributed by atoms with E-state index in [-0.39, 0.29) is 0 Å². The molecule has 208 valence electrons. The molecule has 3 aromatic heterocycles. The molecule has 0 radical (unpaired) electrons. The van der Waals surface area contributed by atoms with Crippen molar-refractivity contribution < 1.29 is 0 Å². The van der Waals surface area contributed by atoms with E-state index in [4.69, 9.17) is 4.98 Å². The van der Waals surface area contributed by atoms with Gasteiger partial charge in [-0.1, -0.05) is 103 Å². The summed E-state index contributed by atoms with van der Waals surface area (Å²) in [5, 5.41) is 2.51. The van der Waals surface area contributed by atoms with Crippen LogP contribution in [0.15, 0.2) is 164 Å². The average Bonchev–Trinajstić information content (AvgIpc) is 3.43. The SMILES string of the molecule is c1ccc(-c2cc(Cc3cccc(-c4ccccn4)n3)cc(-c3ccc4c5ccccc5n(-c5ccccc5)c4c3)c2)cc1. The zero-order chi connectivity index (χ0) is 29.3. The number of pyridine rings is 2. The fraction of sp³-hybridized carbons (Fsp3) is 0.0244. The minimum atomic E-state index is 0.723. The fourth-order valence-electron chi connectivity index (χ4n) is 6.21. The van der Waals surface area contributed by atoms with Gasteiger partial charge in [-0.05, 0) is 82.4 Å². The summed E-state index contributed by atoms with van der Waals surface area (Å²) >= 11 is 0. The summed E-state index contributed by atoms with van der Waals surface area (Å²) in [7, 11) is 0. The first kappa shape index (κ1) is 25.9. The van der Waals surface area contributed by atoms with Gasteiger partial charge < -0.3 is 4.57 Å². The maximum absolute atomic E-state index is 4.99. The van der Waals surface area contributed by atoms with Crippen LogP contribution in [0.2, 0.25) is 0 Å². The summed E-state index contributed by atoms with van der Waals surface area (Å²) in [5.74, 6) is 0. The van der Waals surface area contributed by atoms with E-state index in [1.54, 1.807) is 0 Å². The van der Waals surface area contributed by atoms with E-state index >= 15 is 0 Å². The Morgan fingerprint density at radius 3 is 1.98 bits per heavy atom. The summed E-state index contributed by atoms with van der Waals surface area (Å²) in [6, 6.07) is 55.9. The second-order valence-corrected chi connectivity index (χ2v) is 11.1. The lowest BCUT2D eigenvalue weighted by Gasteiger charge is -2.13. The first-order chi connectivity index (χ1) is 21.8. The highest BCUT2D eigenvalue weighted by molar-refractivity contribution is 6.10. The molecule has 0 saturated heterocycles. The van der Waals surface area contributed by atoms with Crippen LogP contribution in [0.5, 0.6) is 0 Å². The lowest BCUT2D eigenvalue weighted by Crippen LogP contribution is -1.96. The van der Waals surface area contributed by atoms with Crippen LogP contribution in [0, 0.1) is 0 Å². The van der Waals surface area contributed by atoms with Crippen molar-refractivity contribution in [2.24, 2.45) is 0 Å². The summed E-state index contributed by atoms with van der Waals surface area (Å²) < 4.78 is 2.38. The number of nitrogens with zero attached hydrogens (tertiary/aromatic N) is 3. The lowest BCUT2D eigenvalue weighted by molar-refractivity contribution is 1.07. The van der Waals surface area contributed by atoms with Crippen LogP contribution in [0.4, 0.5) is 0 Å². The highest BCUT2D eigenvalue weighted by atomic mass is 15.0. The van der Waals surface area contributed by atoms with Gasteiger partial charge in [0.1, 0.15) is 0 Å². The highest BCUT2D eigenvalue weighted by Crippen LogP contribution is 2.36. The fourth-order valence-corrected chi connectivity index (χ4v) is 6.21. The number of fused-ring (bicyclic) bond motifs is 3. The molecule has 0 bridgehead atoms. The van der Waals surface area contributed by atoms with Crippen molar-refractivity contribution in [1.29, 1.82) is 0 Å². The van der Waals surface area contributed by atoms with Gasteiger partial charge >= 0.3 is 0 Å². The van der Waals surface area contributed by atoms with Crippen LogP contribution in [-0.2, 0) is 6.42 Å². The van der Waals surface area contributed by atoms with E-state index in [0.717, 1.165) is 29.2 Å². The monoisotopic (exact) mass is 563 g/mol. The maximum Gasteiger partial charge on any atom is 0.0889 e. The molecule has 0 aliphatic rings. The molecule has 0 spiro atoms. The zero-order valence-corrected chi connectivity index (χ0v) is 24.1. The molecule has 0 N–H and O–H groups in total. The molecule has 0 aliphatic carbocycles. The molecular weight excluding hydrogens is 534 g/mol. The van der Waals surface area contributed by atoms with Crippen molar-refractivity contribution in [3.63, 3.8) is 0 Å². The predicted octanol–water partition coefficient (Wildman–Crippen LogP) is 10.2. The van der Waals surface area contributed by atoms with Crippen LogP contribution in [0.1, 0.15) is 11.3 Å². The quantitative estimate of drug-likeness (QED) is 0.201. The molecule has 8 rings (SSSR count). The van der Waals surface area contributed by atoms with Crippen LogP contribution in [0.25, 0.3) is 61.1 Å². The number of benzene rings is 5. The van der Waals surface area contributed by atoms with Gasteiger partial charge in [-0.15, -0.1) is 0 Å².